The smallest absolute Gasteiger partial charge is 0.253 e. The highest BCUT2D eigenvalue weighted by molar-refractivity contribution is 5.99. The highest BCUT2D eigenvalue weighted by Gasteiger charge is 2.17. The summed E-state index contributed by atoms with van der Waals surface area (Å²) >= 11 is 0. The maximum atomic E-state index is 12.4. The molecule has 0 bridgehead atoms. The van der Waals surface area contributed by atoms with Crippen molar-refractivity contribution in [2.24, 2.45) is 0 Å². The van der Waals surface area contributed by atoms with E-state index in [2.05, 4.69) is 15.6 Å². The monoisotopic (exact) mass is 337 g/mol. The SMILES string of the molecule is CCCNC(=O)c1cn2ccnc(Nc3cc(N)ccc3C)c2c1C. The van der Waals surface area contributed by atoms with Crippen molar-refractivity contribution in [2.45, 2.75) is 27.2 Å². The van der Waals surface area contributed by atoms with Crippen molar-refractivity contribution in [3.63, 3.8) is 0 Å². The van der Waals surface area contributed by atoms with Crippen LogP contribution < -0.4 is 16.4 Å². The van der Waals surface area contributed by atoms with Crippen molar-refractivity contribution in [3.8, 4) is 0 Å². The van der Waals surface area contributed by atoms with Gasteiger partial charge in [-0.25, -0.2) is 4.98 Å². The van der Waals surface area contributed by atoms with Crippen LogP contribution in [-0.4, -0.2) is 21.8 Å². The zero-order valence-electron chi connectivity index (χ0n) is 14.8. The number of aryl methyl sites for hydroxylation is 2. The van der Waals surface area contributed by atoms with Crippen molar-refractivity contribution >= 4 is 28.6 Å². The van der Waals surface area contributed by atoms with Crippen LogP contribution in [0.3, 0.4) is 0 Å². The Balaban J connectivity index is 2.03. The molecule has 0 aliphatic carbocycles. The number of carbonyl (C=O) groups is 1. The van der Waals surface area contributed by atoms with Gasteiger partial charge in [-0.15, -0.1) is 0 Å². The molecule has 1 amide bonds. The summed E-state index contributed by atoms with van der Waals surface area (Å²) in [5, 5.41) is 6.28. The van der Waals surface area contributed by atoms with Crippen LogP contribution in [0.1, 0.15) is 34.8 Å². The lowest BCUT2D eigenvalue weighted by Gasteiger charge is -2.11. The summed E-state index contributed by atoms with van der Waals surface area (Å²) in [6, 6.07) is 5.72. The maximum absolute atomic E-state index is 12.4. The summed E-state index contributed by atoms with van der Waals surface area (Å²) in [6.45, 7) is 6.64. The van der Waals surface area contributed by atoms with Gasteiger partial charge < -0.3 is 20.8 Å². The number of hydrogen-bond donors (Lipinski definition) is 3. The Morgan fingerprint density at radius 1 is 1.32 bits per heavy atom. The second-order valence-electron chi connectivity index (χ2n) is 6.15. The summed E-state index contributed by atoms with van der Waals surface area (Å²) in [4.78, 5) is 16.8. The van der Waals surface area contributed by atoms with E-state index in [1.807, 2.05) is 55.8 Å². The Morgan fingerprint density at radius 3 is 2.88 bits per heavy atom. The minimum absolute atomic E-state index is 0.0610. The van der Waals surface area contributed by atoms with E-state index in [1.54, 1.807) is 6.20 Å². The highest BCUT2D eigenvalue weighted by atomic mass is 16.1. The van der Waals surface area contributed by atoms with E-state index in [0.717, 1.165) is 28.8 Å². The van der Waals surface area contributed by atoms with Crippen molar-refractivity contribution < 1.29 is 4.79 Å². The molecule has 2 aromatic heterocycles. The van der Waals surface area contributed by atoms with E-state index in [1.165, 1.54) is 0 Å². The average molecular weight is 337 g/mol. The van der Waals surface area contributed by atoms with Crippen LogP contribution in [0.25, 0.3) is 5.52 Å². The van der Waals surface area contributed by atoms with Crippen LogP contribution in [0.5, 0.6) is 0 Å². The van der Waals surface area contributed by atoms with Crippen LogP contribution in [0.2, 0.25) is 0 Å². The highest BCUT2D eigenvalue weighted by Crippen LogP contribution is 2.28. The first-order chi connectivity index (χ1) is 12.0. The number of nitrogens with one attached hydrogen (secondary N) is 2. The summed E-state index contributed by atoms with van der Waals surface area (Å²) < 4.78 is 1.92. The van der Waals surface area contributed by atoms with Crippen molar-refractivity contribution in [1.82, 2.24) is 14.7 Å². The normalized spacial score (nSPS) is 10.8. The predicted molar refractivity (Wildman–Crippen MR) is 101 cm³/mol. The number of nitrogens with two attached hydrogens (primary N) is 1. The molecule has 0 saturated heterocycles. The number of carbonyl (C=O) groups excluding carboxylic acids is 1. The summed E-state index contributed by atoms with van der Waals surface area (Å²) in [7, 11) is 0. The Labute approximate surface area is 147 Å². The molecular formula is C19H23N5O. The molecule has 0 spiro atoms. The van der Waals surface area contributed by atoms with Gasteiger partial charge in [0.2, 0.25) is 0 Å². The van der Waals surface area contributed by atoms with Gasteiger partial charge >= 0.3 is 0 Å². The molecule has 130 valence electrons. The summed E-state index contributed by atoms with van der Waals surface area (Å²) in [5.41, 5.74) is 11.0. The number of hydrogen-bond acceptors (Lipinski definition) is 4. The maximum Gasteiger partial charge on any atom is 0.253 e. The number of anilines is 3. The van der Waals surface area contributed by atoms with Gasteiger partial charge in [-0.2, -0.15) is 0 Å². The second kappa shape index (κ2) is 6.84. The standard InChI is InChI=1S/C19H23N5O/c1-4-7-22-19(25)15-11-24-9-8-21-18(17(24)13(15)3)23-16-10-14(20)6-5-12(16)2/h5-6,8-11H,4,7,20H2,1-3H3,(H,21,23)(H,22,25). The fraction of sp³-hybridized carbons (Fsp3) is 0.263. The van der Waals surface area contributed by atoms with Gasteiger partial charge in [0.25, 0.3) is 5.91 Å². The van der Waals surface area contributed by atoms with Gasteiger partial charge in [-0.05, 0) is 43.5 Å². The molecule has 0 unspecified atom stereocenters. The molecule has 0 atom stereocenters. The molecule has 2 heterocycles. The third kappa shape index (κ3) is 3.28. The topological polar surface area (TPSA) is 84.5 Å². The van der Waals surface area contributed by atoms with Gasteiger partial charge in [0, 0.05) is 36.5 Å². The number of nitrogens with zero attached hydrogens (tertiary/aromatic N) is 2. The molecule has 6 heteroatoms. The first-order valence-corrected chi connectivity index (χ1v) is 8.39. The van der Waals surface area contributed by atoms with Crippen molar-refractivity contribution in [3.05, 3.63) is 53.5 Å². The van der Waals surface area contributed by atoms with Gasteiger partial charge in [-0.1, -0.05) is 13.0 Å². The van der Waals surface area contributed by atoms with Crippen molar-refractivity contribution in [1.29, 1.82) is 0 Å². The molecule has 0 saturated carbocycles. The number of amides is 1. The molecule has 3 aromatic rings. The van der Waals surface area contributed by atoms with Crippen LogP contribution in [0.15, 0.2) is 36.8 Å². The van der Waals surface area contributed by atoms with Crippen LogP contribution in [0, 0.1) is 13.8 Å². The zero-order valence-corrected chi connectivity index (χ0v) is 14.8. The van der Waals surface area contributed by atoms with E-state index in [0.29, 0.717) is 23.6 Å². The van der Waals surface area contributed by atoms with E-state index in [9.17, 15) is 4.79 Å². The molecule has 0 fully saturated rings. The fourth-order valence-electron chi connectivity index (χ4n) is 2.84. The zero-order chi connectivity index (χ0) is 18.0. The lowest BCUT2D eigenvalue weighted by molar-refractivity contribution is 0.0953. The molecule has 25 heavy (non-hydrogen) atoms. The van der Waals surface area contributed by atoms with E-state index in [4.69, 9.17) is 5.73 Å². The number of benzene rings is 1. The van der Waals surface area contributed by atoms with Gasteiger partial charge in [0.05, 0.1) is 11.1 Å². The van der Waals surface area contributed by atoms with Crippen molar-refractivity contribution in [2.75, 3.05) is 17.6 Å². The minimum Gasteiger partial charge on any atom is -0.399 e. The Hall–Kier alpha value is -3.02. The van der Waals surface area contributed by atoms with Crippen LogP contribution in [-0.2, 0) is 0 Å². The minimum atomic E-state index is -0.0610. The Bertz CT molecular complexity index is 929. The lowest BCUT2D eigenvalue weighted by Crippen LogP contribution is -2.24. The Morgan fingerprint density at radius 2 is 2.12 bits per heavy atom. The van der Waals surface area contributed by atoms with Crippen LogP contribution >= 0.6 is 0 Å². The summed E-state index contributed by atoms with van der Waals surface area (Å²) in [6.07, 6.45) is 6.30. The molecule has 0 aliphatic heterocycles. The molecule has 6 nitrogen and oxygen atoms in total. The molecular weight excluding hydrogens is 314 g/mol. The van der Waals surface area contributed by atoms with E-state index < -0.39 is 0 Å². The fourth-order valence-corrected chi connectivity index (χ4v) is 2.84. The number of rotatable bonds is 5. The second-order valence-corrected chi connectivity index (χ2v) is 6.15. The van der Waals surface area contributed by atoms with Gasteiger partial charge in [0.1, 0.15) is 0 Å². The van der Waals surface area contributed by atoms with E-state index >= 15 is 0 Å². The molecule has 0 aliphatic rings. The van der Waals surface area contributed by atoms with Gasteiger partial charge in [-0.3, -0.25) is 4.79 Å². The number of nitrogen functional groups attached to an aromatic ring is 1. The average Bonchev–Trinajstić information content (AvgIpc) is 2.94. The van der Waals surface area contributed by atoms with Crippen LogP contribution in [0.4, 0.5) is 17.2 Å². The number of aromatic nitrogens is 2. The predicted octanol–water partition coefficient (Wildman–Crippen LogP) is 3.42. The van der Waals surface area contributed by atoms with E-state index in [-0.39, 0.29) is 5.91 Å². The molecule has 0 radical (unpaired) electrons. The Kier molecular flexibility index (Phi) is 4.61. The molecule has 4 N–H and O–H groups in total. The quantitative estimate of drug-likeness (QED) is 0.623. The third-order valence-corrected chi connectivity index (χ3v) is 4.24. The third-order valence-electron chi connectivity index (χ3n) is 4.24. The number of fused-ring (bicyclic) bond motifs is 1. The first kappa shape index (κ1) is 16.8. The van der Waals surface area contributed by atoms with Gasteiger partial charge in [0.15, 0.2) is 5.82 Å². The molecule has 3 rings (SSSR count). The first-order valence-electron chi connectivity index (χ1n) is 8.39. The molecule has 1 aromatic carbocycles. The summed E-state index contributed by atoms with van der Waals surface area (Å²) in [5.74, 6) is 0.636. The largest absolute Gasteiger partial charge is 0.399 e. The lowest BCUT2D eigenvalue weighted by atomic mass is 10.1.